The Morgan fingerprint density at radius 2 is 1.66 bits per heavy atom. The van der Waals surface area contributed by atoms with Crippen LogP contribution in [0.25, 0.3) is 0 Å². The van der Waals surface area contributed by atoms with Crippen LogP contribution >= 0.6 is 0 Å². The molecular formula is C25H29N3O6S. The summed E-state index contributed by atoms with van der Waals surface area (Å²) in [5, 5.41) is 25.4. The average Bonchev–Trinajstić information content (AvgIpc) is 3.26. The number of hydrogen-bond donors (Lipinski definition) is 2. The van der Waals surface area contributed by atoms with Gasteiger partial charge >= 0.3 is 0 Å². The highest BCUT2D eigenvalue weighted by molar-refractivity contribution is 7.89. The Balaban J connectivity index is 1.20. The highest BCUT2D eigenvalue weighted by atomic mass is 32.2. The minimum absolute atomic E-state index is 0.0405. The Morgan fingerprint density at radius 1 is 1.06 bits per heavy atom. The third-order valence-electron chi connectivity index (χ3n) is 8.03. The van der Waals surface area contributed by atoms with Crippen LogP contribution < -0.4 is 5.32 Å². The molecule has 1 amide bonds. The van der Waals surface area contributed by atoms with E-state index in [-0.39, 0.29) is 40.2 Å². The number of rotatable bonds is 8. The Hall–Kier alpha value is -2.82. The number of sulfonamides is 1. The number of benzene rings is 2. The molecule has 0 radical (unpaired) electrons. The molecule has 10 heteroatoms. The molecule has 2 saturated carbocycles. The number of nitrogens with one attached hydrogen (secondary N) is 1. The first-order chi connectivity index (χ1) is 16.7. The van der Waals surface area contributed by atoms with E-state index >= 15 is 0 Å². The van der Waals surface area contributed by atoms with Crippen molar-refractivity contribution in [3.05, 3.63) is 70.3 Å². The number of nitro groups is 1. The van der Waals surface area contributed by atoms with Gasteiger partial charge in [-0.05, 0) is 48.3 Å². The van der Waals surface area contributed by atoms with Gasteiger partial charge in [-0.1, -0.05) is 43.2 Å². The lowest BCUT2D eigenvalue weighted by Crippen LogP contribution is -2.49. The normalized spacial score (nSPS) is 26.1. The van der Waals surface area contributed by atoms with Crippen molar-refractivity contribution in [2.24, 2.45) is 23.7 Å². The molecule has 0 bridgehead atoms. The summed E-state index contributed by atoms with van der Waals surface area (Å²) >= 11 is 0. The SMILES string of the molecule is O=C(NC[C@H]1C2CN(S(=O)(=O)c3ccc([N+](=O)[O-])cc3)C[C@@H]21)C(O)(c1ccccc1)C1CCCC1. The van der Waals surface area contributed by atoms with Crippen molar-refractivity contribution in [1.82, 2.24) is 9.62 Å². The van der Waals surface area contributed by atoms with Crippen molar-refractivity contribution < 1.29 is 23.2 Å². The highest BCUT2D eigenvalue weighted by Crippen LogP contribution is 2.52. The lowest BCUT2D eigenvalue weighted by atomic mass is 9.79. The molecule has 2 unspecified atom stereocenters. The van der Waals surface area contributed by atoms with Crippen LogP contribution in [0.15, 0.2) is 59.5 Å². The van der Waals surface area contributed by atoms with E-state index in [2.05, 4.69) is 5.32 Å². The summed E-state index contributed by atoms with van der Waals surface area (Å²) in [5.74, 6) is -0.0217. The fourth-order valence-electron chi connectivity index (χ4n) is 5.93. The van der Waals surface area contributed by atoms with Crippen molar-refractivity contribution >= 4 is 21.6 Å². The van der Waals surface area contributed by atoms with Crippen molar-refractivity contribution in [1.29, 1.82) is 0 Å². The van der Waals surface area contributed by atoms with Gasteiger partial charge in [0.2, 0.25) is 10.0 Å². The van der Waals surface area contributed by atoms with E-state index in [1.165, 1.54) is 28.6 Å². The second-order valence-corrected chi connectivity index (χ2v) is 11.8. The smallest absolute Gasteiger partial charge is 0.269 e. The third kappa shape index (κ3) is 4.23. The first kappa shape index (κ1) is 23.9. The zero-order valence-corrected chi connectivity index (χ0v) is 20.1. The van der Waals surface area contributed by atoms with Gasteiger partial charge in [0.05, 0.1) is 9.82 Å². The summed E-state index contributed by atoms with van der Waals surface area (Å²) in [7, 11) is -3.73. The van der Waals surface area contributed by atoms with Crippen LogP contribution in [0, 0.1) is 33.8 Å². The second-order valence-electron chi connectivity index (χ2n) is 9.89. The molecule has 35 heavy (non-hydrogen) atoms. The summed E-state index contributed by atoms with van der Waals surface area (Å²) < 4.78 is 27.3. The van der Waals surface area contributed by atoms with Gasteiger partial charge in [-0.15, -0.1) is 0 Å². The summed E-state index contributed by atoms with van der Waals surface area (Å²) in [6.07, 6.45) is 3.61. The number of amides is 1. The number of nitro benzene ring substituents is 1. The number of piperidine rings is 1. The van der Waals surface area contributed by atoms with Gasteiger partial charge in [0.1, 0.15) is 0 Å². The van der Waals surface area contributed by atoms with Gasteiger partial charge in [-0.3, -0.25) is 14.9 Å². The van der Waals surface area contributed by atoms with Crippen LogP contribution in [0.4, 0.5) is 5.69 Å². The molecule has 0 spiro atoms. The van der Waals surface area contributed by atoms with E-state index in [9.17, 15) is 28.4 Å². The van der Waals surface area contributed by atoms with Crippen LogP contribution in [-0.2, 0) is 20.4 Å². The molecule has 3 aliphatic rings. The maximum absolute atomic E-state index is 13.3. The number of nitrogens with zero attached hydrogens (tertiary/aromatic N) is 2. The first-order valence-corrected chi connectivity index (χ1v) is 13.5. The zero-order chi connectivity index (χ0) is 24.8. The quantitative estimate of drug-likeness (QED) is 0.424. The summed E-state index contributed by atoms with van der Waals surface area (Å²) in [4.78, 5) is 23.6. The Kier molecular flexibility index (Phi) is 6.14. The average molecular weight is 500 g/mol. The topological polar surface area (TPSA) is 130 Å². The second kappa shape index (κ2) is 9.00. The molecule has 9 nitrogen and oxygen atoms in total. The number of hydrogen-bond acceptors (Lipinski definition) is 6. The van der Waals surface area contributed by atoms with Crippen LogP contribution in [0.1, 0.15) is 31.2 Å². The first-order valence-electron chi connectivity index (χ1n) is 12.0. The van der Waals surface area contributed by atoms with E-state index in [1.54, 1.807) is 12.1 Å². The highest BCUT2D eigenvalue weighted by Gasteiger charge is 2.58. The molecule has 5 rings (SSSR count). The maximum atomic E-state index is 13.3. The molecule has 186 valence electrons. The molecule has 1 saturated heterocycles. The van der Waals surface area contributed by atoms with E-state index in [0.717, 1.165) is 25.7 Å². The molecule has 1 aliphatic heterocycles. The van der Waals surface area contributed by atoms with Crippen molar-refractivity contribution in [3.8, 4) is 0 Å². The fourth-order valence-corrected chi connectivity index (χ4v) is 7.45. The van der Waals surface area contributed by atoms with E-state index in [1.807, 2.05) is 18.2 Å². The zero-order valence-electron chi connectivity index (χ0n) is 19.2. The minimum Gasteiger partial charge on any atom is -0.375 e. The van der Waals surface area contributed by atoms with Crippen molar-refractivity contribution in [3.63, 3.8) is 0 Å². The molecule has 1 heterocycles. The van der Waals surface area contributed by atoms with Crippen molar-refractivity contribution in [2.45, 2.75) is 36.2 Å². The van der Waals surface area contributed by atoms with Gasteiger partial charge in [0.25, 0.3) is 11.6 Å². The summed E-state index contributed by atoms with van der Waals surface area (Å²) in [6.45, 7) is 1.12. The van der Waals surface area contributed by atoms with Gasteiger partial charge in [-0.25, -0.2) is 8.42 Å². The predicted octanol–water partition coefficient (Wildman–Crippen LogP) is 2.66. The molecule has 3 fully saturated rings. The maximum Gasteiger partial charge on any atom is 0.269 e. The van der Waals surface area contributed by atoms with Gasteiger partial charge in [0, 0.05) is 37.7 Å². The summed E-state index contributed by atoms with van der Waals surface area (Å²) in [6, 6.07) is 14.0. The Labute approximate surface area is 204 Å². The monoisotopic (exact) mass is 499 g/mol. The van der Waals surface area contributed by atoms with Gasteiger partial charge < -0.3 is 10.4 Å². The largest absolute Gasteiger partial charge is 0.375 e. The lowest BCUT2D eigenvalue weighted by molar-refractivity contribution is -0.384. The lowest BCUT2D eigenvalue weighted by Gasteiger charge is -2.33. The molecular weight excluding hydrogens is 470 g/mol. The Bertz CT molecular complexity index is 1200. The molecule has 4 atom stereocenters. The van der Waals surface area contributed by atoms with E-state index in [4.69, 9.17) is 0 Å². The molecule has 2 aromatic carbocycles. The number of aliphatic hydroxyl groups is 1. The van der Waals surface area contributed by atoms with E-state index in [0.29, 0.717) is 25.2 Å². The van der Waals surface area contributed by atoms with Gasteiger partial charge in [-0.2, -0.15) is 4.31 Å². The Morgan fingerprint density at radius 3 is 2.23 bits per heavy atom. The molecule has 2 N–H and O–H groups in total. The third-order valence-corrected chi connectivity index (χ3v) is 9.87. The van der Waals surface area contributed by atoms with Crippen LogP contribution in [0.3, 0.4) is 0 Å². The van der Waals surface area contributed by atoms with E-state index < -0.39 is 20.5 Å². The number of carbonyl (C=O) groups excluding carboxylic acids is 1. The minimum atomic E-state index is -3.73. The van der Waals surface area contributed by atoms with Crippen molar-refractivity contribution in [2.75, 3.05) is 19.6 Å². The van der Waals surface area contributed by atoms with Crippen LogP contribution in [0.2, 0.25) is 0 Å². The molecule has 2 aromatic rings. The van der Waals surface area contributed by atoms with Crippen LogP contribution in [0.5, 0.6) is 0 Å². The predicted molar refractivity (Wildman–Crippen MR) is 128 cm³/mol. The molecule has 2 aliphatic carbocycles. The number of fused-ring (bicyclic) bond motifs is 1. The molecule has 0 aromatic heterocycles. The number of non-ortho nitro benzene ring substituents is 1. The fraction of sp³-hybridized carbons (Fsp3) is 0.480. The van der Waals surface area contributed by atoms with Crippen LogP contribution in [-0.4, -0.2) is 48.3 Å². The standard InChI is InChI=1S/C25H29N3O6S/c29-24(25(30,18-8-4-5-9-18)17-6-2-1-3-7-17)26-14-21-22-15-27(16-23(21)22)35(33,34)20-12-10-19(11-13-20)28(31)32/h1-3,6-7,10-13,18,21-23,30H,4-5,8-9,14-16H2,(H,26,29)/t21-,22-,23?,25?/m1/s1. The summed E-state index contributed by atoms with van der Waals surface area (Å²) in [5.41, 5.74) is -1.11. The number of carbonyl (C=O) groups is 1. The van der Waals surface area contributed by atoms with Gasteiger partial charge in [0.15, 0.2) is 5.60 Å².